The van der Waals surface area contributed by atoms with Gasteiger partial charge in [0.15, 0.2) is 25.0 Å². The summed E-state index contributed by atoms with van der Waals surface area (Å²) in [6.07, 6.45) is 5.83. The van der Waals surface area contributed by atoms with E-state index in [1.54, 1.807) is 0 Å². The minimum Gasteiger partial charge on any atom is -0.491 e. The molecule has 52 heavy (non-hydrogen) atoms. The van der Waals surface area contributed by atoms with E-state index in [0.717, 1.165) is 66.9 Å². The molecule has 3 fully saturated rings. The zero-order valence-corrected chi connectivity index (χ0v) is 39.2. The molecule has 2 saturated carbocycles. The minimum atomic E-state index is -1.98. The normalized spacial score (nSPS) is 37.8. The van der Waals surface area contributed by atoms with E-state index in [4.69, 9.17) is 22.8 Å². The highest BCUT2D eigenvalue weighted by Crippen LogP contribution is 2.66. The third-order valence-electron chi connectivity index (χ3n) is 14.9. The first-order valence-electron chi connectivity index (χ1n) is 21.5. The van der Waals surface area contributed by atoms with Crippen molar-refractivity contribution >= 4 is 30.9 Å². The smallest absolute Gasteiger partial charge is 0.338 e. The summed E-state index contributed by atoms with van der Waals surface area (Å²) in [4.78, 5) is 14.9. The number of allylic oxidation sites excluding steroid dienone is 1. The van der Waals surface area contributed by atoms with E-state index in [9.17, 15) is 4.79 Å². The third kappa shape index (κ3) is 7.68. The van der Waals surface area contributed by atoms with Crippen LogP contribution in [0.5, 0.6) is 0 Å². The predicted molar refractivity (Wildman–Crippen MR) is 222 cm³/mol. The first-order valence-corrected chi connectivity index (χ1v) is 30.0. The lowest BCUT2D eigenvalue weighted by atomic mass is 9.63. The number of esters is 1. The van der Waals surface area contributed by atoms with Crippen LogP contribution in [0.25, 0.3) is 0 Å². The van der Waals surface area contributed by atoms with Gasteiger partial charge in [0, 0.05) is 29.6 Å². The van der Waals surface area contributed by atoms with Crippen molar-refractivity contribution in [2.45, 2.75) is 195 Å². The van der Waals surface area contributed by atoms with Crippen LogP contribution in [0.2, 0.25) is 55.9 Å². The molecule has 298 valence electrons. The predicted octanol–water partition coefficient (Wildman–Crippen LogP) is 11.5. The van der Waals surface area contributed by atoms with Crippen LogP contribution >= 0.6 is 0 Å². The topological polar surface area (TPSA) is 63.2 Å². The van der Waals surface area contributed by atoms with Crippen molar-refractivity contribution in [3.05, 3.63) is 23.0 Å². The quantitative estimate of drug-likeness (QED) is 0.105. The Hall–Kier alpha value is -0.719. The molecule has 5 aliphatic rings. The molecule has 6 nitrogen and oxygen atoms in total. The summed E-state index contributed by atoms with van der Waals surface area (Å²) < 4.78 is 36.0. The second-order valence-corrected chi connectivity index (χ2v) is 33.8. The number of ether oxygens (including phenoxy) is 2. The van der Waals surface area contributed by atoms with Crippen molar-refractivity contribution < 1.29 is 27.5 Å². The molecule has 2 bridgehead atoms. The molecule has 8 unspecified atom stereocenters. The van der Waals surface area contributed by atoms with Crippen molar-refractivity contribution in [2.75, 3.05) is 0 Å². The van der Waals surface area contributed by atoms with E-state index in [-0.39, 0.29) is 71.3 Å². The molecule has 9 heteroatoms. The largest absolute Gasteiger partial charge is 0.491 e. The van der Waals surface area contributed by atoms with Gasteiger partial charge in [0.05, 0.1) is 23.9 Å². The Morgan fingerprint density at radius 1 is 0.865 bits per heavy atom. The number of hydrogen-bond acceptors (Lipinski definition) is 6. The summed E-state index contributed by atoms with van der Waals surface area (Å²) in [5.41, 5.74) is 1.32. The van der Waals surface area contributed by atoms with E-state index in [1.165, 1.54) is 5.57 Å². The van der Waals surface area contributed by atoms with Gasteiger partial charge in [-0.2, -0.15) is 0 Å². The zero-order valence-electron chi connectivity index (χ0n) is 36.2. The van der Waals surface area contributed by atoms with Crippen LogP contribution in [0.15, 0.2) is 23.0 Å². The third-order valence-corrected chi connectivity index (χ3v) is 25.2. The summed E-state index contributed by atoms with van der Waals surface area (Å²) in [5, 5.41) is 0. The average molecular weight is 775 g/mol. The van der Waals surface area contributed by atoms with Crippen LogP contribution < -0.4 is 0 Å². The minimum absolute atomic E-state index is 0.0247. The standard InChI is InChI=1S/C43H78O6Si3/c1-17-51(18-2,19-3)48-38-29(9)40(49-52(20-4,21-5)22-6)35-31(38)25-27(7)30-26-32-36(34(30)35)37(41(44)46-42(10,11)12)39-28(8)33(47-50(14,15)16)23-24-43(32,13)45-39/h25,28-36,38,40H,17-24,26H2,1-16H3/t28?,29?,30?,31?,32-,33+,34?,35?,36-,38?,40?,43+/m0/s1. The number of carbonyl (C=O) groups is 1. The molecule has 0 spiro atoms. The summed E-state index contributed by atoms with van der Waals surface area (Å²) in [5.74, 6) is 2.39. The first kappa shape index (κ1) is 42.4. The second kappa shape index (κ2) is 15.3. The number of carbonyl (C=O) groups excluding carboxylic acids is 1. The Morgan fingerprint density at radius 2 is 1.40 bits per heavy atom. The van der Waals surface area contributed by atoms with Crippen LogP contribution in [-0.2, 0) is 27.5 Å². The monoisotopic (exact) mass is 775 g/mol. The molecule has 2 heterocycles. The Morgan fingerprint density at radius 3 is 1.90 bits per heavy atom. The molecule has 5 rings (SSSR count). The van der Waals surface area contributed by atoms with E-state index in [2.05, 4.69) is 95.0 Å². The van der Waals surface area contributed by atoms with Crippen molar-refractivity contribution in [3.63, 3.8) is 0 Å². The molecule has 0 amide bonds. The van der Waals surface area contributed by atoms with Crippen LogP contribution in [-0.4, -0.2) is 60.4 Å². The molecular formula is C43H78O6Si3. The SMILES string of the molecule is CC[Si](CC)(CC)OC1C(C)C(O[Si](CC)(CC)CC)C2C1C=C(C)C1C[C@H]3[C@H](C(C(=O)OC(C)(C)C)=C4O[C@]3(C)CC[C@@H](O[Si](C)(C)C)C4C)C12. The Bertz CT molecular complexity index is 1340. The molecule has 12 atom stereocenters. The second-order valence-electron chi connectivity index (χ2n) is 19.9. The van der Waals surface area contributed by atoms with Crippen molar-refractivity contribution in [2.24, 2.45) is 47.3 Å². The maximum Gasteiger partial charge on any atom is 0.338 e. The highest BCUT2D eigenvalue weighted by atomic mass is 28.4. The van der Waals surface area contributed by atoms with E-state index < -0.39 is 30.6 Å². The lowest BCUT2D eigenvalue weighted by molar-refractivity contribution is -0.155. The van der Waals surface area contributed by atoms with E-state index in [1.807, 2.05) is 20.8 Å². The number of fused-ring (bicyclic) bond motifs is 8. The van der Waals surface area contributed by atoms with Gasteiger partial charge in [-0.1, -0.05) is 67.0 Å². The average Bonchev–Trinajstić information content (AvgIpc) is 3.56. The first-order chi connectivity index (χ1) is 24.2. The van der Waals surface area contributed by atoms with Gasteiger partial charge >= 0.3 is 5.97 Å². The van der Waals surface area contributed by atoms with Gasteiger partial charge in [0.2, 0.25) is 0 Å². The van der Waals surface area contributed by atoms with E-state index >= 15 is 0 Å². The Balaban J connectivity index is 1.73. The zero-order chi connectivity index (χ0) is 38.8. The molecule has 0 aromatic heterocycles. The number of rotatable bonds is 13. The van der Waals surface area contributed by atoms with Crippen molar-refractivity contribution in [1.29, 1.82) is 0 Å². The molecule has 0 N–H and O–H groups in total. The van der Waals surface area contributed by atoms with Crippen molar-refractivity contribution in [3.8, 4) is 0 Å². The Kier molecular flexibility index (Phi) is 12.5. The van der Waals surface area contributed by atoms with Crippen LogP contribution in [0.1, 0.15) is 109 Å². The highest BCUT2D eigenvalue weighted by molar-refractivity contribution is 6.74. The van der Waals surface area contributed by atoms with Gasteiger partial charge in [-0.25, -0.2) is 4.79 Å². The highest BCUT2D eigenvalue weighted by Gasteiger charge is 2.67. The maximum absolute atomic E-state index is 14.9. The molecule has 3 aliphatic carbocycles. The molecule has 2 aliphatic heterocycles. The summed E-state index contributed by atoms with van der Waals surface area (Å²) in [7, 11) is -5.77. The van der Waals surface area contributed by atoms with Gasteiger partial charge in [0.1, 0.15) is 17.0 Å². The fourth-order valence-electron chi connectivity index (χ4n) is 11.7. The van der Waals surface area contributed by atoms with Gasteiger partial charge in [-0.15, -0.1) is 0 Å². The van der Waals surface area contributed by atoms with Crippen LogP contribution in [0, 0.1) is 47.3 Å². The van der Waals surface area contributed by atoms with E-state index in [0.29, 0.717) is 5.92 Å². The molecule has 0 radical (unpaired) electrons. The lowest BCUT2D eigenvalue weighted by Crippen LogP contribution is -2.50. The van der Waals surface area contributed by atoms with Gasteiger partial charge in [-0.05, 0) is 128 Å². The molecule has 1 saturated heterocycles. The fraction of sp³-hybridized carbons (Fsp3) is 0.884. The lowest BCUT2D eigenvalue weighted by Gasteiger charge is -2.48. The summed E-state index contributed by atoms with van der Waals surface area (Å²) in [6.45, 7) is 36.4. The molecule has 0 aromatic carbocycles. The molecule has 0 aromatic rings. The fourth-order valence-corrected chi connectivity index (χ4v) is 18.8. The number of hydrogen-bond donors (Lipinski definition) is 0. The van der Waals surface area contributed by atoms with Crippen LogP contribution in [0.3, 0.4) is 0 Å². The molecular weight excluding hydrogens is 697 g/mol. The summed E-state index contributed by atoms with van der Waals surface area (Å²) in [6, 6.07) is 6.83. The van der Waals surface area contributed by atoms with Crippen molar-refractivity contribution in [1.82, 2.24) is 0 Å². The van der Waals surface area contributed by atoms with Gasteiger partial charge < -0.3 is 22.8 Å². The van der Waals surface area contributed by atoms with Gasteiger partial charge in [-0.3, -0.25) is 0 Å². The van der Waals surface area contributed by atoms with Crippen LogP contribution in [0.4, 0.5) is 0 Å². The summed E-state index contributed by atoms with van der Waals surface area (Å²) >= 11 is 0. The Labute approximate surface area is 322 Å². The van der Waals surface area contributed by atoms with Gasteiger partial charge in [0.25, 0.3) is 0 Å². The maximum atomic E-state index is 14.9.